The highest BCUT2D eigenvalue weighted by Crippen LogP contribution is 2.37. The number of aliphatic hydroxyl groups is 1. The first kappa shape index (κ1) is 17.0. The first-order valence-corrected chi connectivity index (χ1v) is 6.89. The van der Waals surface area contributed by atoms with E-state index in [1.807, 2.05) is 0 Å². The fourth-order valence-electron chi connectivity index (χ4n) is 1.97. The second-order valence-electron chi connectivity index (χ2n) is 4.55. The van der Waals surface area contributed by atoms with Gasteiger partial charge in [0.05, 0.1) is 25.2 Å². The first-order chi connectivity index (χ1) is 10.1. The van der Waals surface area contributed by atoms with Crippen molar-refractivity contribution in [2.75, 3.05) is 32.7 Å². The van der Waals surface area contributed by atoms with E-state index < -0.39 is 4.92 Å². The molecule has 7 nitrogen and oxygen atoms in total. The minimum Gasteiger partial charge on any atom is -0.493 e. The molecule has 0 spiro atoms. The SMILES string of the molecule is COc1cc(NCCCCCCO)c([N+](=O)[O-])cc1OC. The molecule has 0 fully saturated rings. The summed E-state index contributed by atoms with van der Waals surface area (Å²) in [7, 11) is 2.93. The number of hydrogen-bond donors (Lipinski definition) is 2. The summed E-state index contributed by atoms with van der Waals surface area (Å²) in [6.07, 6.45) is 3.59. The van der Waals surface area contributed by atoms with Crippen molar-refractivity contribution in [2.24, 2.45) is 0 Å². The van der Waals surface area contributed by atoms with Gasteiger partial charge in [-0.1, -0.05) is 12.8 Å². The van der Waals surface area contributed by atoms with Crippen LogP contribution in [0.1, 0.15) is 25.7 Å². The van der Waals surface area contributed by atoms with E-state index in [9.17, 15) is 10.1 Å². The zero-order valence-corrected chi connectivity index (χ0v) is 12.4. The monoisotopic (exact) mass is 298 g/mol. The number of hydrogen-bond acceptors (Lipinski definition) is 6. The van der Waals surface area contributed by atoms with Crippen LogP contribution in [-0.2, 0) is 0 Å². The number of nitrogens with one attached hydrogen (secondary N) is 1. The maximum atomic E-state index is 11.1. The maximum Gasteiger partial charge on any atom is 0.296 e. The van der Waals surface area contributed by atoms with Crippen molar-refractivity contribution >= 4 is 11.4 Å². The number of rotatable bonds is 10. The molecule has 0 amide bonds. The lowest BCUT2D eigenvalue weighted by molar-refractivity contribution is -0.384. The molecule has 0 radical (unpaired) electrons. The molecule has 0 bridgehead atoms. The first-order valence-electron chi connectivity index (χ1n) is 6.89. The van der Waals surface area contributed by atoms with Crippen molar-refractivity contribution in [3.63, 3.8) is 0 Å². The molecule has 0 saturated heterocycles. The number of nitrogens with zero attached hydrogens (tertiary/aromatic N) is 1. The van der Waals surface area contributed by atoms with Gasteiger partial charge in [0.15, 0.2) is 11.5 Å². The molecule has 0 atom stereocenters. The number of anilines is 1. The number of unbranched alkanes of at least 4 members (excludes halogenated alkanes) is 3. The van der Waals surface area contributed by atoms with Gasteiger partial charge in [0.2, 0.25) is 0 Å². The van der Waals surface area contributed by atoms with Crippen LogP contribution in [0.5, 0.6) is 11.5 Å². The zero-order valence-electron chi connectivity index (χ0n) is 12.4. The molecule has 0 unspecified atom stereocenters. The van der Waals surface area contributed by atoms with E-state index in [0.29, 0.717) is 23.7 Å². The molecule has 21 heavy (non-hydrogen) atoms. The Morgan fingerprint density at radius 2 is 1.76 bits per heavy atom. The summed E-state index contributed by atoms with van der Waals surface area (Å²) in [4.78, 5) is 10.7. The van der Waals surface area contributed by atoms with Gasteiger partial charge in [-0.25, -0.2) is 0 Å². The van der Waals surface area contributed by atoms with Gasteiger partial charge in [-0.15, -0.1) is 0 Å². The lowest BCUT2D eigenvalue weighted by Crippen LogP contribution is -2.05. The predicted molar refractivity (Wildman–Crippen MR) is 80.2 cm³/mol. The molecular formula is C14H22N2O5. The average Bonchev–Trinajstić information content (AvgIpc) is 2.49. The summed E-state index contributed by atoms with van der Waals surface area (Å²) in [6.45, 7) is 0.830. The van der Waals surface area contributed by atoms with Crippen LogP contribution in [-0.4, -0.2) is 37.4 Å². The average molecular weight is 298 g/mol. The van der Waals surface area contributed by atoms with Crippen molar-refractivity contribution in [1.29, 1.82) is 0 Å². The molecule has 0 aliphatic heterocycles. The van der Waals surface area contributed by atoms with Gasteiger partial charge in [-0.2, -0.15) is 0 Å². The lowest BCUT2D eigenvalue weighted by atomic mass is 10.2. The van der Waals surface area contributed by atoms with E-state index in [-0.39, 0.29) is 12.3 Å². The molecule has 1 rings (SSSR count). The second kappa shape index (κ2) is 9.02. The van der Waals surface area contributed by atoms with Crippen LogP contribution >= 0.6 is 0 Å². The maximum absolute atomic E-state index is 11.1. The minimum atomic E-state index is -0.448. The van der Waals surface area contributed by atoms with E-state index in [1.165, 1.54) is 20.3 Å². The zero-order chi connectivity index (χ0) is 15.7. The minimum absolute atomic E-state index is 0.0389. The van der Waals surface area contributed by atoms with Gasteiger partial charge < -0.3 is 19.9 Å². The Labute approximate surface area is 124 Å². The molecule has 1 aromatic carbocycles. The third kappa shape index (κ3) is 5.11. The summed E-state index contributed by atoms with van der Waals surface area (Å²) in [5.41, 5.74) is 0.378. The van der Waals surface area contributed by atoms with Crippen LogP contribution in [0.2, 0.25) is 0 Å². The standard InChI is InChI=1S/C14H22N2O5/c1-20-13-9-11(15-7-5-3-4-6-8-17)12(16(18)19)10-14(13)21-2/h9-10,15,17H,3-8H2,1-2H3. The number of benzene rings is 1. The fourth-order valence-corrected chi connectivity index (χ4v) is 1.97. The summed E-state index contributed by atoms with van der Waals surface area (Å²) < 4.78 is 10.2. The van der Waals surface area contributed by atoms with Gasteiger partial charge in [0.1, 0.15) is 5.69 Å². The van der Waals surface area contributed by atoms with Gasteiger partial charge in [-0.3, -0.25) is 10.1 Å². The Morgan fingerprint density at radius 3 is 2.33 bits per heavy atom. The molecule has 0 aliphatic carbocycles. The van der Waals surface area contributed by atoms with Crippen LogP contribution in [0.4, 0.5) is 11.4 Å². The third-order valence-corrected chi connectivity index (χ3v) is 3.10. The van der Waals surface area contributed by atoms with Crippen molar-refractivity contribution in [3.05, 3.63) is 22.2 Å². The Hall–Kier alpha value is -2.02. The number of methoxy groups -OCH3 is 2. The Kier molecular flexibility index (Phi) is 7.31. The highest BCUT2D eigenvalue weighted by Gasteiger charge is 2.19. The van der Waals surface area contributed by atoms with E-state index in [2.05, 4.69) is 5.32 Å². The summed E-state index contributed by atoms with van der Waals surface area (Å²) in [5.74, 6) is 0.781. The molecule has 0 aliphatic rings. The van der Waals surface area contributed by atoms with Crippen LogP contribution < -0.4 is 14.8 Å². The molecule has 1 aromatic rings. The smallest absolute Gasteiger partial charge is 0.296 e. The van der Waals surface area contributed by atoms with E-state index in [4.69, 9.17) is 14.6 Å². The fraction of sp³-hybridized carbons (Fsp3) is 0.571. The van der Waals surface area contributed by atoms with Crippen molar-refractivity contribution in [1.82, 2.24) is 0 Å². The lowest BCUT2D eigenvalue weighted by Gasteiger charge is -2.12. The quantitative estimate of drug-likeness (QED) is 0.392. The highest BCUT2D eigenvalue weighted by molar-refractivity contribution is 5.68. The van der Waals surface area contributed by atoms with E-state index in [1.54, 1.807) is 6.07 Å². The molecule has 0 heterocycles. The molecule has 7 heteroatoms. The van der Waals surface area contributed by atoms with Crippen molar-refractivity contribution in [3.8, 4) is 11.5 Å². The number of aliphatic hydroxyl groups excluding tert-OH is 1. The molecule has 118 valence electrons. The van der Waals surface area contributed by atoms with Gasteiger partial charge in [0.25, 0.3) is 5.69 Å². The molecule has 0 saturated carbocycles. The Balaban J connectivity index is 2.72. The van der Waals surface area contributed by atoms with Crippen LogP contribution in [0, 0.1) is 10.1 Å². The summed E-state index contributed by atoms with van der Waals surface area (Å²) in [5, 5.41) is 22.9. The van der Waals surface area contributed by atoms with Gasteiger partial charge in [-0.05, 0) is 12.8 Å². The number of nitro benzene ring substituents is 1. The van der Waals surface area contributed by atoms with Crippen LogP contribution in [0.3, 0.4) is 0 Å². The molecular weight excluding hydrogens is 276 g/mol. The third-order valence-electron chi connectivity index (χ3n) is 3.10. The van der Waals surface area contributed by atoms with Crippen LogP contribution in [0.25, 0.3) is 0 Å². The Bertz CT molecular complexity index is 465. The van der Waals surface area contributed by atoms with Gasteiger partial charge >= 0.3 is 0 Å². The number of nitro groups is 1. The normalized spacial score (nSPS) is 10.2. The van der Waals surface area contributed by atoms with E-state index >= 15 is 0 Å². The van der Waals surface area contributed by atoms with Crippen molar-refractivity contribution < 1.29 is 19.5 Å². The molecule has 2 N–H and O–H groups in total. The number of ether oxygens (including phenoxy) is 2. The second-order valence-corrected chi connectivity index (χ2v) is 4.55. The summed E-state index contributed by atoms with van der Waals surface area (Å²) >= 11 is 0. The Morgan fingerprint density at radius 1 is 1.14 bits per heavy atom. The van der Waals surface area contributed by atoms with Crippen LogP contribution in [0.15, 0.2) is 12.1 Å². The highest BCUT2D eigenvalue weighted by atomic mass is 16.6. The summed E-state index contributed by atoms with van der Waals surface area (Å²) in [6, 6.07) is 2.93. The predicted octanol–water partition coefficient (Wildman–Crippen LogP) is 2.58. The topological polar surface area (TPSA) is 93.9 Å². The largest absolute Gasteiger partial charge is 0.493 e. The van der Waals surface area contributed by atoms with E-state index in [0.717, 1.165) is 25.7 Å². The van der Waals surface area contributed by atoms with Gasteiger partial charge in [0, 0.05) is 19.2 Å². The molecule has 0 aromatic heterocycles. The van der Waals surface area contributed by atoms with Crippen molar-refractivity contribution in [2.45, 2.75) is 25.7 Å².